The van der Waals surface area contributed by atoms with E-state index in [4.69, 9.17) is 11.3 Å². The molecule has 0 radical (unpaired) electrons. The molecule has 0 N–H and O–H groups in total. The van der Waals surface area contributed by atoms with Crippen molar-refractivity contribution in [3.63, 3.8) is 0 Å². The number of carbonyl (C=O) groups excluding carboxylic acids is 1. The van der Waals surface area contributed by atoms with Crippen LogP contribution in [-0.4, -0.2) is 10.4 Å². The lowest BCUT2D eigenvalue weighted by Crippen LogP contribution is -2.04. The van der Waals surface area contributed by atoms with Crippen LogP contribution in [0.3, 0.4) is 0 Å². The first-order valence-corrected chi connectivity index (χ1v) is 11.4. The number of aromatic nitrogens is 1. The smallest absolute Gasteiger partial charge is 0.270 e. The molecule has 0 spiro atoms. The average molecular weight is 461 g/mol. The highest BCUT2D eigenvalue weighted by atomic mass is 16.5. The zero-order chi connectivity index (χ0) is 24.4. The lowest BCUT2D eigenvalue weighted by atomic mass is 9.99. The number of ketones is 1. The van der Waals surface area contributed by atoms with Crippen LogP contribution in [0.4, 0.5) is 0 Å². The molecule has 36 heavy (non-hydrogen) atoms. The highest BCUT2D eigenvalue weighted by Gasteiger charge is 2.32. The first-order chi connectivity index (χ1) is 17.7. The maximum atomic E-state index is 13.4. The van der Waals surface area contributed by atoms with E-state index in [1.54, 1.807) is 24.3 Å². The Kier molecular flexibility index (Phi) is 4.06. The second-order valence-electron chi connectivity index (χ2n) is 8.72. The number of Topliss-reactive ketones (excluding diaryl/α,β-unsaturated/α-hetero) is 1. The van der Waals surface area contributed by atoms with Crippen LogP contribution >= 0.6 is 0 Å². The van der Waals surface area contributed by atoms with Gasteiger partial charge in [0.15, 0.2) is 17.3 Å². The number of hydrogen-bond donors (Lipinski definition) is 0. The minimum absolute atomic E-state index is 0.0938. The predicted octanol–water partition coefficient (Wildman–Crippen LogP) is 7.32. The number of nitrogens with zero attached hydrogens (tertiary/aromatic N) is 3. The third-order valence-corrected chi connectivity index (χ3v) is 6.80. The van der Waals surface area contributed by atoms with Gasteiger partial charge in [0.05, 0.1) is 29.4 Å². The molecule has 5 aromatic rings. The van der Waals surface area contributed by atoms with Crippen molar-refractivity contribution in [1.82, 2.24) is 4.57 Å². The van der Waals surface area contributed by atoms with Crippen LogP contribution < -0.4 is 4.74 Å². The van der Waals surface area contributed by atoms with E-state index in [2.05, 4.69) is 21.5 Å². The van der Waals surface area contributed by atoms with Crippen molar-refractivity contribution in [3.05, 3.63) is 124 Å². The summed E-state index contributed by atoms with van der Waals surface area (Å²) in [6, 6.07) is 29.2. The number of rotatable bonds is 1. The summed E-state index contributed by atoms with van der Waals surface area (Å²) in [5.74, 6) is 1.25. The summed E-state index contributed by atoms with van der Waals surface area (Å²) in [5.41, 5.74) is 5.52. The average Bonchev–Trinajstić information content (AvgIpc) is 3.39. The second kappa shape index (κ2) is 7.30. The summed E-state index contributed by atoms with van der Waals surface area (Å²) in [7, 11) is 0. The Morgan fingerprint density at radius 1 is 0.917 bits per heavy atom. The van der Waals surface area contributed by atoms with Crippen molar-refractivity contribution in [2.45, 2.75) is 0 Å². The molecule has 166 valence electrons. The second-order valence-corrected chi connectivity index (χ2v) is 8.72. The molecule has 7 rings (SSSR count). The zero-order valence-electron chi connectivity index (χ0n) is 18.8. The van der Waals surface area contributed by atoms with Crippen molar-refractivity contribution in [2.24, 2.45) is 0 Å². The Labute approximate surface area is 206 Å². The van der Waals surface area contributed by atoms with Gasteiger partial charge in [0.2, 0.25) is 0 Å². The first kappa shape index (κ1) is 20.0. The van der Waals surface area contributed by atoms with Crippen molar-refractivity contribution in [1.29, 1.82) is 5.26 Å². The lowest BCUT2D eigenvalue weighted by molar-refractivity contribution is 0.104. The van der Waals surface area contributed by atoms with Crippen LogP contribution in [0, 0.1) is 17.9 Å². The molecule has 1 aliphatic heterocycles. The predicted molar refractivity (Wildman–Crippen MR) is 139 cm³/mol. The first-order valence-electron chi connectivity index (χ1n) is 11.4. The monoisotopic (exact) mass is 461 g/mol. The largest absolute Gasteiger partial charge is 0.453 e. The summed E-state index contributed by atoms with van der Waals surface area (Å²) in [6.07, 6.45) is 1.77. The molecule has 1 aromatic heterocycles. The van der Waals surface area contributed by atoms with Gasteiger partial charge in [0.25, 0.3) is 5.70 Å². The topological polar surface area (TPSA) is 59.4 Å². The van der Waals surface area contributed by atoms with Crippen LogP contribution in [0.2, 0.25) is 0 Å². The number of hydrogen-bond acceptors (Lipinski definition) is 3. The number of allylic oxidation sites excluding steroid dienone is 3. The van der Waals surface area contributed by atoms with Gasteiger partial charge in [-0.1, -0.05) is 54.6 Å². The minimum Gasteiger partial charge on any atom is -0.453 e. The van der Waals surface area contributed by atoms with Gasteiger partial charge in [-0.25, -0.2) is 10.1 Å². The van der Waals surface area contributed by atoms with Crippen molar-refractivity contribution in [3.8, 4) is 23.3 Å². The Morgan fingerprint density at radius 3 is 2.50 bits per heavy atom. The molecule has 0 saturated carbocycles. The summed E-state index contributed by atoms with van der Waals surface area (Å²) in [5, 5.41) is 11.7. The highest BCUT2D eigenvalue weighted by molar-refractivity contribution is 6.29. The van der Waals surface area contributed by atoms with E-state index in [9.17, 15) is 10.1 Å². The van der Waals surface area contributed by atoms with E-state index < -0.39 is 0 Å². The number of nitriles is 1. The van der Waals surface area contributed by atoms with Gasteiger partial charge < -0.3 is 9.30 Å². The molecule has 5 nitrogen and oxygen atoms in total. The van der Waals surface area contributed by atoms with Gasteiger partial charge in [-0.05, 0) is 47.5 Å². The third kappa shape index (κ3) is 2.60. The molecule has 0 fully saturated rings. The molecule has 2 heterocycles. The summed E-state index contributed by atoms with van der Waals surface area (Å²) >= 11 is 0. The molecular formula is C31H15N3O2. The molecule has 0 amide bonds. The van der Waals surface area contributed by atoms with E-state index in [1.807, 2.05) is 60.7 Å². The van der Waals surface area contributed by atoms with E-state index in [1.165, 1.54) is 0 Å². The van der Waals surface area contributed by atoms with Crippen LogP contribution in [-0.2, 0) is 0 Å². The maximum absolute atomic E-state index is 13.4. The van der Waals surface area contributed by atoms with Gasteiger partial charge in [0.1, 0.15) is 0 Å². The van der Waals surface area contributed by atoms with Crippen LogP contribution in [0.25, 0.3) is 44.0 Å². The Balaban J connectivity index is 1.53. The standard InChI is InChI=1S/C31H15N3O2/c1-33-24(17-32)29-20-9-2-3-10-21(20)31(35)23(29)15-18-14-22-19-8-4-5-11-25(19)34-26-12-6-7-13-27(26)36-28(16-18)30(22)34/h2-16H/b23-15-,29-24-. The number of para-hydroxylation sites is 3. The molecular weight excluding hydrogens is 446 g/mol. The van der Waals surface area contributed by atoms with E-state index in [0.29, 0.717) is 28.0 Å². The fourth-order valence-corrected chi connectivity index (χ4v) is 5.34. The van der Waals surface area contributed by atoms with Crippen LogP contribution in [0.5, 0.6) is 11.5 Å². The van der Waals surface area contributed by atoms with E-state index in [0.717, 1.165) is 38.8 Å². The summed E-state index contributed by atoms with van der Waals surface area (Å²) < 4.78 is 8.55. The van der Waals surface area contributed by atoms with Crippen molar-refractivity contribution in [2.75, 3.05) is 0 Å². The zero-order valence-corrected chi connectivity index (χ0v) is 18.8. The molecule has 4 aromatic carbocycles. The molecule has 0 atom stereocenters. The Bertz CT molecular complexity index is 1940. The Hall–Kier alpha value is -5.39. The molecule has 0 unspecified atom stereocenters. The molecule has 5 heteroatoms. The maximum Gasteiger partial charge on any atom is 0.270 e. The van der Waals surface area contributed by atoms with E-state index >= 15 is 0 Å². The number of ether oxygens (including phenoxy) is 1. The Morgan fingerprint density at radius 2 is 1.67 bits per heavy atom. The van der Waals surface area contributed by atoms with Crippen molar-refractivity contribution < 1.29 is 9.53 Å². The van der Waals surface area contributed by atoms with Gasteiger partial charge in [0, 0.05) is 27.5 Å². The fourth-order valence-electron chi connectivity index (χ4n) is 5.34. The minimum atomic E-state index is -0.195. The quantitative estimate of drug-likeness (QED) is 0.146. The van der Waals surface area contributed by atoms with Crippen LogP contribution in [0.1, 0.15) is 21.5 Å². The van der Waals surface area contributed by atoms with Gasteiger partial charge in [-0.3, -0.25) is 4.79 Å². The van der Waals surface area contributed by atoms with E-state index in [-0.39, 0.29) is 11.5 Å². The highest BCUT2D eigenvalue weighted by Crippen LogP contribution is 2.47. The van der Waals surface area contributed by atoms with Gasteiger partial charge in [-0.15, -0.1) is 0 Å². The molecule has 2 aliphatic rings. The van der Waals surface area contributed by atoms with Crippen LogP contribution in [0.15, 0.2) is 96.2 Å². The van der Waals surface area contributed by atoms with Gasteiger partial charge in [-0.2, -0.15) is 0 Å². The number of carbonyl (C=O) groups is 1. The third-order valence-electron chi connectivity index (χ3n) is 6.80. The molecule has 1 aliphatic carbocycles. The molecule has 0 bridgehead atoms. The summed E-state index contributed by atoms with van der Waals surface area (Å²) in [4.78, 5) is 16.8. The number of fused-ring (bicyclic) bond motifs is 6. The number of benzene rings is 4. The summed E-state index contributed by atoms with van der Waals surface area (Å²) in [6.45, 7) is 7.53. The van der Waals surface area contributed by atoms with Crippen molar-refractivity contribution >= 4 is 39.2 Å². The fraction of sp³-hybridized carbons (Fsp3) is 0. The normalized spacial score (nSPS) is 15.8. The lowest BCUT2D eigenvalue weighted by Gasteiger charge is -2.21. The molecule has 0 saturated heterocycles. The SMILES string of the molecule is [C-]#[N+]/C(C#N)=C1\C(=C\c2cc3c4c(c2)c2ccccc2n4-c2ccccc2O3)C(=O)c2ccccc21. The van der Waals surface area contributed by atoms with Gasteiger partial charge >= 0.3 is 0 Å².